The van der Waals surface area contributed by atoms with Gasteiger partial charge in [-0.05, 0) is 73.6 Å². The summed E-state index contributed by atoms with van der Waals surface area (Å²) in [4.78, 5) is 59.0. The lowest BCUT2D eigenvalue weighted by atomic mass is 9.98. The number of ketones is 1. The van der Waals surface area contributed by atoms with Crippen LogP contribution in [0.4, 0.5) is 9.59 Å². The lowest BCUT2D eigenvalue weighted by Gasteiger charge is -2.34. The minimum atomic E-state index is -0.637. The molecule has 1 fully saturated rings. The van der Waals surface area contributed by atoms with Crippen molar-refractivity contribution in [3.05, 3.63) is 78.2 Å². The van der Waals surface area contributed by atoms with Gasteiger partial charge in [-0.1, -0.05) is 62.4 Å². The summed E-state index contributed by atoms with van der Waals surface area (Å²) >= 11 is 0. The van der Waals surface area contributed by atoms with E-state index in [-0.39, 0.29) is 31.6 Å². The van der Waals surface area contributed by atoms with Crippen molar-refractivity contribution >= 4 is 34.6 Å². The summed E-state index contributed by atoms with van der Waals surface area (Å²) in [6.45, 7) is 9.63. The minimum absolute atomic E-state index is 0. The second-order valence-electron chi connectivity index (χ2n) is 14.2. The maximum Gasteiger partial charge on any atom is 0.409 e. The first-order valence-electron chi connectivity index (χ1n) is 17.0. The molecule has 11 heteroatoms. The van der Waals surface area contributed by atoms with E-state index < -0.39 is 23.8 Å². The zero-order valence-electron chi connectivity index (χ0n) is 30.1. The normalized spacial score (nSPS) is 15.2. The molecule has 0 radical (unpaired) electrons. The molecule has 1 aliphatic heterocycles. The second kappa shape index (κ2) is 14.7. The highest BCUT2D eigenvalue weighted by atomic mass is 16.6. The van der Waals surface area contributed by atoms with Crippen molar-refractivity contribution < 1.29 is 30.1 Å². The highest BCUT2D eigenvalue weighted by molar-refractivity contribution is 5.99. The molecule has 11 nitrogen and oxygen atoms in total. The van der Waals surface area contributed by atoms with Crippen LogP contribution in [-0.2, 0) is 21.3 Å². The van der Waals surface area contributed by atoms with E-state index in [0.29, 0.717) is 12.1 Å². The molecule has 1 aromatic heterocycles. The van der Waals surface area contributed by atoms with Crippen LogP contribution < -0.4 is 5.32 Å². The van der Waals surface area contributed by atoms with Gasteiger partial charge in [-0.3, -0.25) is 14.5 Å². The van der Waals surface area contributed by atoms with Crippen LogP contribution in [0.25, 0.3) is 33.2 Å². The SMILES string of the molecule is COC(=O)N(C)[C@H](C(=O)N1CCC[C@H]1c1nc(-c2ccc3cc(-c4ccc(C(=O)CNC(=O)OC(C)(C)C)cc4)ccc3c2)cn1C)C(C)C.[HH]. The van der Waals surface area contributed by atoms with Crippen molar-refractivity contribution in [2.45, 2.75) is 65.1 Å². The second-order valence-corrected chi connectivity index (χ2v) is 14.2. The molecule has 2 atom stereocenters. The highest BCUT2D eigenvalue weighted by Crippen LogP contribution is 2.35. The van der Waals surface area contributed by atoms with Gasteiger partial charge in [-0.15, -0.1) is 0 Å². The lowest BCUT2D eigenvalue weighted by molar-refractivity contribution is -0.138. The van der Waals surface area contributed by atoms with Crippen molar-refractivity contribution in [3.8, 4) is 22.4 Å². The molecule has 266 valence electrons. The van der Waals surface area contributed by atoms with Gasteiger partial charge in [0.15, 0.2) is 5.78 Å². The molecular weight excluding hydrogens is 634 g/mol. The number of nitrogens with zero attached hydrogens (tertiary/aromatic N) is 4. The van der Waals surface area contributed by atoms with E-state index >= 15 is 0 Å². The Morgan fingerprint density at radius 2 is 1.60 bits per heavy atom. The first kappa shape index (κ1) is 36.1. The largest absolute Gasteiger partial charge is 0.453 e. The van der Waals surface area contributed by atoms with Gasteiger partial charge in [0.1, 0.15) is 17.5 Å². The van der Waals surface area contributed by atoms with Crippen LogP contribution in [0.1, 0.15) is 71.1 Å². The number of benzene rings is 3. The third-order valence-electron chi connectivity index (χ3n) is 8.98. The fraction of sp³-hybridized carbons (Fsp3) is 0.410. The van der Waals surface area contributed by atoms with Gasteiger partial charge in [0, 0.05) is 39.4 Å². The number of amides is 3. The third-order valence-corrected chi connectivity index (χ3v) is 8.98. The van der Waals surface area contributed by atoms with E-state index in [1.165, 1.54) is 12.0 Å². The summed E-state index contributed by atoms with van der Waals surface area (Å²) in [7, 11) is 4.88. The molecule has 0 saturated carbocycles. The number of carbonyl (C=O) groups excluding carboxylic acids is 4. The fourth-order valence-electron chi connectivity index (χ4n) is 6.56. The molecule has 3 amide bonds. The number of carbonyl (C=O) groups is 4. The molecule has 2 heterocycles. The number of methoxy groups -OCH3 is 1. The number of alkyl carbamates (subject to hydrolysis) is 1. The molecule has 1 saturated heterocycles. The van der Waals surface area contributed by atoms with Crippen molar-refractivity contribution in [1.82, 2.24) is 24.7 Å². The molecule has 5 rings (SSSR count). The first-order valence-corrected chi connectivity index (χ1v) is 17.0. The summed E-state index contributed by atoms with van der Waals surface area (Å²) in [5, 5.41) is 4.63. The van der Waals surface area contributed by atoms with Crippen LogP contribution in [0.3, 0.4) is 0 Å². The number of nitrogens with one attached hydrogen (secondary N) is 1. The van der Waals surface area contributed by atoms with E-state index in [1.54, 1.807) is 40.0 Å². The van der Waals surface area contributed by atoms with Crippen LogP contribution >= 0.6 is 0 Å². The smallest absolute Gasteiger partial charge is 0.409 e. The monoisotopic (exact) mass is 683 g/mol. The fourth-order valence-corrected chi connectivity index (χ4v) is 6.56. The van der Waals surface area contributed by atoms with Gasteiger partial charge in [0.25, 0.3) is 0 Å². The number of fused-ring (bicyclic) bond motifs is 1. The average Bonchev–Trinajstić information content (AvgIpc) is 3.72. The molecule has 0 unspecified atom stereocenters. The maximum absolute atomic E-state index is 13.8. The number of imidazole rings is 1. The molecule has 0 bridgehead atoms. The van der Waals surface area contributed by atoms with Crippen LogP contribution in [0.5, 0.6) is 0 Å². The summed E-state index contributed by atoms with van der Waals surface area (Å²) in [5.41, 5.74) is 3.64. The number of hydrogen-bond acceptors (Lipinski definition) is 7. The quantitative estimate of drug-likeness (QED) is 0.185. The van der Waals surface area contributed by atoms with Gasteiger partial charge >= 0.3 is 12.2 Å². The van der Waals surface area contributed by atoms with Crippen LogP contribution in [0.2, 0.25) is 0 Å². The number of hydrogen-bond donors (Lipinski definition) is 1. The Bertz CT molecular complexity index is 1900. The number of likely N-dealkylation sites (N-methyl/N-ethyl adjacent to an activating group) is 1. The van der Waals surface area contributed by atoms with E-state index in [0.717, 1.165) is 51.8 Å². The zero-order valence-corrected chi connectivity index (χ0v) is 30.1. The molecule has 3 aromatic carbocycles. The Labute approximate surface area is 295 Å². The molecule has 0 spiro atoms. The van der Waals surface area contributed by atoms with Gasteiger partial charge < -0.3 is 24.3 Å². The number of Topliss-reactive ketones (excluding diaryl/α,β-unsaturated/α-hetero) is 1. The summed E-state index contributed by atoms with van der Waals surface area (Å²) in [5.74, 6) is 0.417. The number of ether oxygens (including phenoxy) is 2. The highest BCUT2D eigenvalue weighted by Gasteiger charge is 2.40. The number of rotatable bonds is 9. The summed E-state index contributed by atoms with van der Waals surface area (Å²) in [6, 6.07) is 19.0. The van der Waals surface area contributed by atoms with Crippen molar-refractivity contribution in [1.29, 1.82) is 0 Å². The van der Waals surface area contributed by atoms with Gasteiger partial charge in [0.2, 0.25) is 5.91 Å². The molecule has 50 heavy (non-hydrogen) atoms. The van der Waals surface area contributed by atoms with Crippen LogP contribution in [0, 0.1) is 5.92 Å². The van der Waals surface area contributed by atoms with Crippen molar-refractivity contribution in [2.75, 3.05) is 27.2 Å². The Morgan fingerprint density at radius 1 is 0.980 bits per heavy atom. The zero-order chi connectivity index (χ0) is 36.3. The number of aryl methyl sites for hydroxylation is 1. The predicted molar refractivity (Wildman–Crippen MR) is 195 cm³/mol. The molecule has 0 aliphatic carbocycles. The topological polar surface area (TPSA) is 123 Å². The van der Waals surface area contributed by atoms with Crippen LogP contribution in [-0.4, -0.2) is 82.1 Å². The maximum atomic E-state index is 13.8. The Kier molecular flexibility index (Phi) is 10.6. The van der Waals surface area contributed by atoms with E-state index in [4.69, 9.17) is 14.5 Å². The molecule has 4 aromatic rings. The van der Waals surface area contributed by atoms with E-state index in [1.807, 2.05) is 48.7 Å². The summed E-state index contributed by atoms with van der Waals surface area (Å²) in [6.07, 6.45) is 2.49. The standard InChI is InChI=1S/C39H47N5O6.H2/c1-24(2)34(43(7)38(48)49-8)36(46)44-19-9-10-32(44)35-41-31(23-42(35)6)30-18-17-28-20-27(15-16-29(28)21-30)25-11-13-26(14-12-25)33(45)22-40-37(47)50-39(3,4)5;/h11-18,20-21,23-24,32,34H,9-10,19,22H2,1-8H3,(H,40,47);1H/t32-,34-;/m0./s1. The van der Waals surface area contributed by atoms with Gasteiger partial charge in [-0.25, -0.2) is 14.6 Å². The summed E-state index contributed by atoms with van der Waals surface area (Å²) < 4.78 is 12.1. The van der Waals surface area contributed by atoms with Crippen LogP contribution in [0.15, 0.2) is 66.9 Å². The molecule has 1 N–H and O–H groups in total. The number of aromatic nitrogens is 2. The van der Waals surface area contributed by atoms with Gasteiger partial charge in [0.05, 0.1) is 25.4 Å². The Morgan fingerprint density at radius 3 is 2.22 bits per heavy atom. The Hall–Kier alpha value is -5.19. The molecular formula is C39H49N5O6. The lowest BCUT2D eigenvalue weighted by Crippen LogP contribution is -2.51. The van der Waals surface area contributed by atoms with E-state index in [9.17, 15) is 19.2 Å². The van der Waals surface area contributed by atoms with Crippen molar-refractivity contribution in [3.63, 3.8) is 0 Å². The Balaban J connectivity index is 0.00000583. The van der Waals surface area contributed by atoms with Crippen molar-refractivity contribution in [2.24, 2.45) is 13.0 Å². The average molecular weight is 684 g/mol. The minimum Gasteiger partial charge on any atom is -0.453 e. The molecule has 1 aliphatic rings. The van der Waals surface area contributed by atoms with E-state index in [2.05, 4.69) is 41.7 Å². The number of likely N-dealkylation sites (tertiary alicyclic amines) is 1. The predicted octanol–water partition coefficient (Wildman–Crippen LogP) is 7.25. The third kappa shape index (κ3) is 7.98. The van der Waals surface area contributed by atoms with Gasteiger partial charge in [-0.2, -0.15) is 0 Å². The first-order chi connectivity index (χ1) is 23.7.